The Labute approximate surface area is 56.4 Å². The number of nitrogens with zero attached hydrogens (tertiary/aromatic N) is 2. The van der Waals surface area contributed by atoms with Gasteiger partial charge in [-0.2, -0.15) is 0 Å². The Balaban J connectivity index is 3.10. The summed E-state index contributed by atoms with van der Waals surface area (Å²) in [5.41, 5.74) is 5.10. The van der Waals surface area contributed by atoms with Crippen molar-refractivity contribution in [3.05, 3.63) is 10.9 Å². The Bertz CT molecular complexity index is 212. The zero-order chi connectivity index (χ0) is 7.72. The second-order valence-electron chi connectivity index (χ2n) is 1.88. The van der Waals surface area contributed by atoms with E-state index in [1.807, 2.05) is 0 Å². The number of hydrogen-bond donors (Lipinski definition) is 2. The molecule has 0 bridgehead atoms. The molecule has 1 aromatic heterocycles. The summed E-state index contributed by atoms with van der Waals surface area (Å²) < 4.78 is 4.08. The lowest BCUT2D eigenvalue weighted by Crippen LogP contribution is -2.29. The molecule has 1 unspecified atom stereocenters. The van der Waals surface area contributed by atoms with E-state index in [1.54, 1.807) is 0 Å². The lowest BCUT2D eigenvalue weighted by molar-refractivity contribution is -0.810. The van der Waals surface area contributed by atoms with Crippen molar-refractivity contribution in [3.8, 4) is 0 Å². The number of anilines is 1. The van der Waals surface area contributed by atoms with Crippen molar-refractivity contribution in [2.75, 3.05) is 5.73 Å². The average molecular weight is 145 g/mol. The molecule has 10 heavy (non-hydrogen) atoms. The van der Waals surface area contributed by atoms with Crippen LogP contribution in [0.5, 0.6) is 0 Å². The van der Waals surface area contributed by atoms with Crippen LogP contribution in [0.25, 0.3) is 0 Å². The molecule has 1 rings (SSSR count). The third-order valence-electron chi connectivity index (χ3n) is 1.07. The zero-order valence-electron chi connectivity index (χ0n) is 5.31. The molecule has 1 atom stereocenters. The fraction of sp³-hybridized carbons (Fsp3) is 0.500. The standard InChI is InChI=1S/C4H7N3O3/c1-2(8)3-4(5)6-10-7(3)9/h2,8H,1H3,(H2,5,6). The highest BCUT2D eigenvalue weighted by Gasteiger charge is 2.20. The molecule has 6 heteroatoms. The Hall–Kier alpha value is -1.30. The highest BCUT2D eigenvalue weighted by molar-refractivity contribution is 5.29. The third kappa shape index (κ3) is 0.883. The van der Waals surface area contributed by atoms with E-state index in [0.717, 1.165) is 0 Å². The second kappa shape index (κ2) is 2.14. The van der Waals surface area contributed by atoms with E-state index in [-0.39, 0.29) is 16.4 Å². The van der Waals surface area contributed by atoms with Crippen LogP contribution in [0.15, 0.2) is 4.63 Å². The van der Waals surface area contributed by atoms with Crippen LogP contribution in [-0.4, -0.2) is 10.3 Å². The first-order valence-electron chi connectivity index (χ1n) is 2.66. The second-order valence-corrected chi connectivity index (χ2v) is 1.88. The van der Waals surface area contributed by atoms with Crippen molar-refractivity contribution in [2.24, 2.45) is 0 Å². The van der Waals surface area contributed by atoms with Crippen molar-refractivity contribution < 1.29 is 14.6 Å². The lowest BCUT2D eigenvalue weighted by atomic mass is 10.3. The lowest BCUT2D eigenvalue weighted by Gasteiger charge is -1.96. The van der Waals surface area contributed by atoms with Crippen LogP contribution in [-0.2, 0) is 0 Å². The normalized spacial score (nSPS) is 13.4. The molecule has 3 N–H and O–H groups in total. The number of aliphatic hydroxyl groups is 1. The molecule has 0 spiro atoms. The van der Waals surface area contributed by atoms with Gasteiger partial charge in [0, 0.05) is 0 Å². The predicted octanol–water partition coefficient (Wildman–Crippen LogP) is -1.06. The Morgan fingerprint density at radius 3 is 2.70 bits per heavy atom. The molecule has 6 nitrogen and oxygen atoms in total. The van der Waals surface area contributed by atoms with Crippen LogP contribution in [0.3, 0.4) is 0 Å². The number of nitrogens with two attached hydrogens (primary N) is 1. The molecular formula is C4H7N3O3. The van der Waals surface area contributed by atoms with Crippen LogP contribution in [0.4, 0.5) is 5.82 Å². The fourth-order valence-corrected chi connectivity index (χ4v) is 0.632. The van der Waals surface area contributed by atoms with E-state index >= 15 is 0 Å². The van der Waals surface area contributed by atoms with Gasteiger partial charge < -0.3 is 16.0 Å². The topological polar surface area (TPSA) is 99.2 Å². The fourth-order valence-electron chi connectivity index (χ4n) is 0.632. The maximum absolute atomic E-state index is 10.5. The molecule has 0 aromatic carbocycles. The minimum atomic E-state index is -0.955. The minimum absolute atomic E-state index is 0.0556. The maximum Gasteiger partial charge on any atom is 0.310 e. The van der Waals surface area contributed by atoms with Gasteiger partial charge in [-0.1, -0.05) is 0 Å². The molecule has 0 radical (unpaired) electrons. The van der Waals surface area contributed by atoms with Gasteiger partial charge in [-0.3, -0.25) is 4.63 Å². The van der Waals surface area contributed by atoms with E-state index in [9.17, 15) is 5.21 Å². The van der Waals surface area contributed by atoms with E-state index < -0.39 is 6.10 Å². The molecule has 0 fully saturated rings. The van der Waals surface area contributed by atoms with Gasteiger partial charge in [0.05, 0.1) is 5.16 Å². The molecule has 0 saturated carbocycles. The van der Waals surface area contributed by atoms with Gasteiger partial charge in [0.15, 0.2) is 0 Å². The van der Waals surface area contributed by atoms with Gasteiger partial charge in [0.25, 0.3) is 0 Å². The average Bonchev–Trinajstić information content (AvgIpc) is 2.11. The summed E-state index contributed by atoms with van der Waals surface area (Å²) in [6.07, 6.45) is -0.955. The molecule has 0 amide bonds. The maximum atomic E-state index is 10.5. The summed E-state index contributed by atoms with van der Waals surface area (Å²) in [5, 5.41) is 22.5. The highest BCUT2D eigenvalue weighted by Crippen LogP contribution is 2.11. The summed E-state index contributed by atoms with van der Waals surface area (Å²) >= 11 is 0. The van der Waals surface area contributed by atoms with Gasteiger partial charge in [-0.15, -0.1) is 0 Å². The van der Waals surface area contributed by atoms with Crippen LogP contribution in [0.2, 0.25) is 0 Å². The van der Waals surface area contributed by atoms with E-state index in [2.05, 4.69) is 9.79 Å². The van der Waals surface area contributed by atoms with Gasteiger partial charge in [0.1, 0.15) is 6.10 Å². The van der Waals surface area contributed by atoms with Crippen LogP contribution in [0, 0.1) is 5.21 Å². The Morgan fingerprint density at radius 1 is 1.90 bits per heavy atom. The number of aliphatic hydroxyl groups excluding tert-OH is 1. The summed E-state index contributed by atoms with van der Waals surface area (Å²) in [7, 11) is 0. The molecule has 1 aromatic rings. The van der Waals surface area contributed by atoms with Crippen molar-refractivity contribution in [1.29, 1.82) is 0 Å². The van der Waals surface area contributed by atoms with Crippen molar-refractivity contribution >= 4 is 5.82 Å². The van der Waals surface area contributed by atoms with Crippen LogP contribution < -0.4 is 10.6 Å². The van der Waals surface area contributed by atoms with Crippen molar-refractivity contribution in [2.45, 2.75) is 13.0 Å². The van der Waals surface area contributed by atoms with Gasteiger partial charge >= 0.3 is 5.82 Å². The summed E-state index contributed by atoms with van der Waals surface area (Å²) in [4.78, 5) is 0.0833. The molecule has 0 saturated heterocycles. The van der Waals surface area contributed by atoms with E-state index in [4.69, 9.17) is 10.8 Å². The van der Waals surface area contributed by atoms with Crippen LogP contribution in [0.1, 0.15) is 18.7 Å². The number of hydrogen-bond acceptors (Lipinski definition) is 5. The number of aromatic nitrogens is 2. The third-order valence-corrected chi connectivity index (χ3v) is 1.07. The highest BCUT2D eigenvalue weighted by atomic mass is 16.8. The van der Waals surface area contributed by atoms with Gasteiger partial charge in [0.2, 0.25) is 5.69 Å². The quantitative estimate of drug-likeness (QED) is 0.491. The first kappa shape index (κ1) is 6.81. The van der Waals surface area contributed by atoms with Crippen molar-refractivity contribution in [1.82, 2.24) is 5.16 Å². The summed E-state index contributed by atoms with van der Waals surface area (Å²) in [6.45, 7) is 1.40. The van der Waals surface area contributed by atoms with E-state index in [1.165, 1.54) is 6.92 Å². The van der Waals surface area contributed by atoms with Gasteiger partial charge in [-0.05, 0) is 11.8 Å². The first-order chi connectivity index (χ1) is 4.63. The SMILES string of the molecule is CC(O)c1c(N)no[n+]1[O-]. The molecule has 0 aliphatic heterocycles. The smallest absolute Gasteiger partial charge is 0.310 e. The number of nitrogen functional groups attached to an aromatic ring is 1. The monoisotopic (exact) mass is 145 g/mol. The Kier molecular flexibility index (Phi) is 1.46. The molecular weight excluding hydrogens is 138 g/mol. The molecule has 56 valence electrons. The largest absolute Gasteiger partial charge is 0.384 e. The Morgan fingerprint density at radius 2 is 2.50 bits per heavy atom. The zero-order valence-corrected chi connectivity index (χ0v) is 5.31. The minimum Gasteiger partial charge on any atom is -0.384 e. The summed E-state index contributed by atoms with van der Waals surface area (Å²) in [5.74, 6) is -0.0787. The number of rotatable bonds is 1. The summed E-state index contributed by atoms with van der Waals surface area (Å²) in [6, 6.07) is 0. The van der Waals surface area contributed by atoms with Crippen molar-refractivity contribution in [3.63, 3.8) is 0 Å². The molecule has 0 aliphatic rings. The molecule has 1 heterocycles. The van der Waals surface area contributed by atoms with Crippen LogP contribution >= 0.6 is 0 Å². The predicted molar refractivity (Wildman–Crippen MR) is 30.5 cm³/mol. The first-order valence-corrected chi connectivity index (χ1v) is 2.66. The van der Waals surface area contributed by atoms with E-state index in [0.29, 0.717) is 0 Å². The van der Waals surface area contributed by atoms with Gasteiger partial charge in [-0.25, -0.2) is 0 Å². The molecule has 0 aliphatic carbocycles.